The largest absolute Gasteiger partial charge is 0.478 e. The van der Waals surface area contributed by atoms with Gasteiger partial charge in [0.05, 0.1) is 19.3 Å². The van der Waals surface area contributed by atoms with Crippen LogP contribution in [-0.2, 0) is 25.5 Å². The van der Waals surface area contributed by atoms with Crippen molar-refractivity contribution in [2.24, 2.45) is 0 Å². The molecule has 0 aliphatic carbocycles. The molecule has 0 aliphatic rings. The second-order valence-electron chi connectivity index (χ2n) is 4.38. The molecule has 0 unspecified atom stereocenters. The highest BCUT2D eigenvalue weighted by atomic mass is 16.5. The minimum atomic E-state index is -1.08. The summed E-state index contributed by atoms with van der Waals surface area (Å²) < 4.78 is 9.56. The first-order valence-corrected chi connectivity index (χ1v) is 6.75. The second kappa shape index (κ2) is 8.61. The van der Waals surface area contributed by atoms with Crippen molar-refractivity contribution in [2.75, 3.05) is 13.7 Å². The summed E-state index contributed by atoms with van der Waals surface area (Å²) in [7, 11) is 1.30. The molecule has 118 valence electrons. The van der Waals surface area contributed by atoms with E-state index in [2.05, 4.69) is 4.74 Å². The number of rotatable bonds is 7. The van der Waals surface area contributed by atoms with Crippen molar-refractivity contribution in [3.05, 3.63) is 41.0 Å². The summed E-state index contributed by atoms with van der Waals surface area (Å²) in [5.41, 5.74) is 1.53. The van der Waals surface area contributed by atoms with Crippen LogP contribution in [0.15, 0.2) is 24.3 Å². The number of hydrogen-bond acceptors (Lipinski definition) is 5. The van der Waals surface area contributed by atoms with Crippen molar-refractivity contribution in [3.63, 3.8) is 0 Å². The molecule has 0 atom stereocenters. The summed E-state index contributed by atoms with van der Waals surface area (Å²) in [6, 6.07) is 4.90. The molecule has 0 saturated heterocycles. The molecule has 6 heteroatoms. The third kappa shape index (κ3) is 5.40. The molecule has 0 spiro atoms. The summed E-state index contributed by atoms with van der Waals surface area (Å²) in [4.78, 5) is 33.8. The lowest BCUT2D eigenvalue weighted by Gasteiger charge is -2.09. The maximum Gasteiger partial charge on any atom is 0.338 e. The summed E-state index contributed by atoms with van der Waals surface area (Å²) in [6.07, 6.45) is 2.85. The predicted octanol–water partition coefficient (Wildman–Crippen LogP) is 2.07. The second-order valence-corrected chi connectivity index (χ2v) is 4.38. The van der Waals surface area contributed by atoms with Crippen molar-refractivity contribution in [3.8, 4) is 0 Å². The van der Waals surface area contributed by atoms with Gasteiger partial charge in [-0.15, -0.1) is 0 Å². The van der Waals surface area contributed by atoms with E-state index in [1.807, 2.05) is 0 Å². The average Bonchev–Trinajstić information content (AvgIpc) is 2.51. The molecule has 1 N–H and O–H groups in total. The number of ether oxygens (including phenoxy) is 2. The zero-order valence-corrected chi connectivity index (χ0v) is 12.5. The van der Waals surface area contributed by atoms with Gasteiger partial charge in [-0.2, -0.15) is 0 Å². The van der Waals surface area contributed by atoms with E-state index in [0.29, 0.717) is 23.1 Å². The van der Waals surface area contributed by atoms with Crippen molar-refractivity contribution >= 4 is 24.0 Å². The zero-order chi connectivity index (χ0) is 16.5. The van der Waals surface area contributed by atoms with E-state index in [0.717, 1.165) is 6.08 Å². The van der Waals surface area contributed by atoms with E-state index in [4.69, 9.17) is 9.84 Å². The predicted molar refractivity (Wildman–Crippen MR) is 79.4 cm³/mol. The molecule has 1 aromatic carbocycles. The lowest BCUT2D eigenvalue weighted by molar-refractivity contribution is -0.140. The van der Waals surface area contributed by atoms with Gasteiger partial charge in [-0.3, -0.25) is 4.79 Å². The van der Waals surface area contributed by atoms with E-state index in [9.17, 15) is 14.4 Å². The Morgan fingerprint density at radius 3 is 2.59 bits per heavy atom. The van der Waals surface area contributed by atoms with Gasteiger partial charge >= 0.3 is 17.9 Å². The monoisotopic (exact) mass is 306 g/mol. The average molecular weight is 306 g/mol. The van der Waals surface area contributed by atoms with Crippen LogP contribution in [-0.4, -0.2) is 36.7 Å². The normalized spacial score (nSPS) is 10.5. The highest BCUT2D eigenvalue weighted by Crippen LogP contribution is 2.17. The molecular formula is C16H18O6. The van der Waals surface area contributed by atoms with E-state index >= 15 is 0 Å². The molecule has 22 heavy (non-hydrogen) atoms. The minimum absolute atomic E-state index is 0.146. The smallest absolute Gasteiger partial charge is 0.338 e. The van der Waals surface area contributed by atoms with Crippen LogP contribution in [0.2, 0.25) is 0 Å². The minimum Gasteiger partial charge on any atom is -0.478 e. The number of hydrogen-bond donors (Lipinski definition) is 1. The molecule has 1 rings (SSSR count). The molecule has 0 radical (unpaired) electrons. The van der Waals surface area contributed by atoms with Gasteiger partial charge < -0.3 is 14.6 Å². The van der Waals surface area contributed by atoms with Crippen molar-refractivity contribution in [1.29, 1.82) is 0 Å². The van der Waals surface area contributed by atoms with Crippen LogP contribution < -0.4 is 0 Å². The fraction of sp³-hybridized carbons (Fsp3) is 0.312. The number of methoxy groups -OCH3 is 1. The number of carbonyl (C=O) groups is 3. The van der Waals surface area contributed by atoms with Crippen molar-refractivity contribution in [2.45, 2.75) is 19.8 Å². The quantitative estimate of drug-likeness (QED) is 0.612. The van der Waals surface area contributed by atoms with Gasteiger partial charge in [0.15, 0.2) is 0 Å². The van der Waals surface area contributed by atoms with Gasteiger partial charge in [-0.1, -0.05) is 12.1 Å². The molecular weight excluding hydrogens is 288 g/mol. The Hall–Kier alpha value is -2.63. The van der Waals surface area contributed by atoms with Crippen LogP contribution in [0.3, 0.4) is 0 Å². The lowest BCUT2D eigenvalue weighted by Crippen LogP contribution is -2.10. The maximum atomic E-state index is 12.0. The lowest BCUT2D eigenvalue weighted by atomic mass is 9.99. The van der Waals surface area contributed by atoms with Crippen LogP contribution in [0.1, 0.15) is 34.8 Å². The molecule has 0 aliphatic heterocycles. The van der Waals surface area contributed by atoms with Crippen molar-refractivity contribution in [1.82, 2.24) is 0 Å². The van der Waals surface area contributed by atoms with E-state index in [1.165, 1.54) is 13.2 Å². The summed E-state index contributed by atoms with van der Waals surface area (Å²) in [5.74, 6) is -1.95. The Labute approximate surface area is 128 Å². The molecule has 0 aromatic heterocycles. The van der Waals surface area contributed by atoms with Gasteiger partial charge in [-0.25, -0.2) is 9.59 Å². The number of esters is 2. The Bertz CT molecular complexity index is 588. The van der Waals surface area contributed by atoms with Gasteiger partial charge in [0, 0.05) is 12.5 Å². The van der Waals surface area contributed by atoms with Crippen LogP contribution in [0.5, 0.6) is 0 Å². The first-order valence-electron chi connectivity index (χ1n) is 6.75. The fourth-order valence-corrected chi connectivity index (χ4v) is 1.82. The summed E-state index contributed by atoms with van der Waals surface area (Å²) >= 11 is 0. The molecule has 1 aromatic rings. The van der Waals surface area contributed by atoms with Gasteiger partial charge in [0.1, 0.15) is 0 Å². The van der Waals surface area contributed by atoms with E-state index < -0.39 is 11.9 Å². The van der Waals surface area contributed by atoms with Crippen LogP contribution in [0.25, 0.3) is 6.08 Å². The number of aliphatic carboxylic acids is 1. The Morgan fingerprint density at radius 2 is 2.00 bits per heavy atom. The molecule has 0 heterocycles. The fourth-order valence-electron chi connectivity index (χ4n) is 1.82. The Morgan fingerprint density at radius 1 is 1.27 bits per heavy atom. The third-order valence-electron chi connectivity index (χ3n) is 2.87. The van der Waals surface area contributed by atoms with Gasteiger partial charge in [0.25, 0.3) is 0 Å². The first-order chi connectivity index (χ1) is 10.5. The standard InChI is InChI=1S/C16H18O6/c1-3-22-16(20)13-10-11(5-8-14(17)18)4-6-12(13)7-9-15(19)21-2/h4-6,8,10H,3,7,9H2,1-2H3,(H,17,18)/b8-5+. The van der Waals surface area contributed by atoms with Crippen LogP contribution in [0.4, 0.5) is 0 Å². The number of carboxylic acid groups (broad SMARTS) is 1. The van der Waals surface area contributed by atoms with Crippen molar-refractivity contribution < 1.29 is 29.0 Å². The number of benzene rings is 1. The topological polar surface area (TPSA) is 89.9 Å². The molecule has 0 amide bonds. The molecule has 6 nitrogen and oxygen atoms in total. The van der Waals surface area contributed by atoms with Crippen LogP contribution >= 0.6 is 0 Å². The number of carboxylic acids is 1. The molecule has 0 saturated carbocycles. The highest BCUT2D eigenvalue weighted by Gasteiger charge is 2.14. The van der Waals surface area contributed by atoms with Gasteiger partial charge in [-0.05, 0) is 36.6 Å². The zero-order valence-electron chi connectivity index (χ0n) is 12.5. The van der Waals surface area contributed by atoms with Crippen LogP contribution in [0, 0.1) is 0 Å². The van der Waals surface area contributed by atoms with E-state index in [-0.39, 0.29) is 19.0 Å². The SMILES string of the molecule is CCOC(=O)c1cc(/C=C/C(=O)O)ccc1CCC(=O)OC. The number of aryl methyl sites for hydroxylation is 1. The summed E-state index contributed by atoms with van der Waals surface area (Å²) in [5, 5.41) is 8.63. The Kier molecular flexibility index (Phi) is 6.82. The summed E-state index contributed by atoms with van der Waals surface area (Å²) in [6.45, 7) is 1.92. The van der Waals surface area contributed by atoms with E-state index in [1.54, 1.807) is 25.1 Å². The third-order valence-corrected chi connectivity index (χ3v) is 2.87. The number of carbonyl (C=O) groups excluding carboxylic acids is 2. The first kappa shape index (κ1) is 17.4. The highest BCUT2D eigenvalue weighted by molar-refractivity contribution is 5.92. The molecule has 0 fully saturated rings. The Balaban J connectivity index is 3.06. The molecule has 0 bridgehead atoms. The van der Waals surface area contributed by atoms with Gasteiger partial charge in [0.2, 0.25) is 0 Å². The maximum absolute atomic E-state index is 12.0.